The number of hydrogen-bond donors (Lipinski definition) is 0. The molecule has 0 N–H and O–H groups in total. The lowest BCUT2D eigenvalue weighted by molar-refractivity contribution is -0.187. The Bertz CT molecular complexity index is 710. The summed E-state index contributed by atoms with van der Waals surface area (Å²) in [6.07, 6.45) is -4.48. The van der Waals surface area contributed by atoms with Gasteiger partial charge < -0.3 is 4.74 Å². The zero-order chi connectivity index (χ0) is 16.7. The van der Waals surface area contributed by atoms with Crippen LogP contribution >= 0.6 is 0 Å². The van der Waals surface area contributed by atoms with E-state index in [1.54, 1.807) is 0 Å². The molecule has 22 heavy (non-hydrogen) atoms. The topological polar surface area (TPSA) is 9.23 Å². The first-order valence-electron chi connectivity index (χ1n) is 5.59. The van der Waals surface area contributed by atoms with E-state index >= 15 is 0 Å². The van der Waals surface area contributed by atoms with E-state index < -0.39 is 52.0 Å². The monoisotopic (exact) mass is 320 g/mol. The van der Waals surface area contributed by atoms with Gasteiger partial charge in [-0.3, -0.25) is 0 Å². The van der Waals surface area contributed by atoms with E-state index in [-0.39, 0.29) is 12.1 Å². The Labute approximate surface area is 120 Å². The van der Waals surface area contributed by atoms with E-state index in [9.17, 15) is 30.7 Å². The van der Waals surface area contributed by atoms with Crippen molar-refractivity contribution in [2.75, 3.05) is 0 Å². The van der Waals surface area contributed by atoms with Crippen LogP contribution in [0.5, 0.6) is 5.75 Å². The molecule has 2 aromatic carbocycles. The third kappa shape index (κ3) is 2.88. The van der Waals surface area contributed by atoms with Gasteiger partial charge in [0.05, 0.1) is 0 Å². The van der Waals surface area contributed by atoms with Crippen molar-refractivity contribution >= 4 is 13.3 Å². The van der Waals surface area contributed by atoms with E-state index in [1.165, 1.54) is 0 Å². The molecule has 0 spiro atoms. The maximum atomic E-state index is 13.8. The second-order valence-electron chi connectivity index (χ2n) is 4.15. The summed E-state index contributed by atoms with van der Waals surface area (Å²) in [6.45, 7) is 0. The highest BCUT2D eigenvalue weighted by Gasteiger charge is 2.39. The number of halogens is 7. The number of ether oxygens (including phenoxy) is 1. The fraction of sp³-hybridized carbons (Fsp3) is 0.0769. The fourth-order valence-electron chi connectivity index (χ4n) is 1.58. The van der Waals surface area contributed by atoms with Crippen LogP contribution in [-0.4, -0.2) is 7.85 Å². The number of hydrogen-bond acceptors (Lipinski definition) is 1. The second-order valence-corrected chi connectivity index (χ2v) is 4.15. The Balaban J connectivity index is 2.42. The van der Waals surface area contributed by atoms with Gasteiger partial charge in [-0.25, -0.2) is 22.0 Å². The summed E-state index contributed by atoms with van der Waals surface area (Å²) in [4.78, 5) is 0. The van der Waals surface area contributed by atoms with Crippen molar-refractivity contribution in [3.8, 4) is 5.75 Å². The molecule has 0 unspecified atom stereocenters. The molecular weight excluding hydrogens is 316 g/mol. The van der Waals surface area contributed by atoms with E-state index in [1.807, 2.05) is 0 Å². The van der Waals surface area contributed by atoms with Crippen LogP contribution in [0.4, 0.5) is 30.7 Å². The number of alkyl halides is 2. The summed E-state index contributed by atoms with van der Waals surface area (Å²) in [5.41, 5.74) is -2.25. The standard InChI is InChI=1S/C13H4BF7O/c14-7-2-1-6(10(17)11(7)18)13(20,21)22-5-3-8(15)12(19)9(16)4-5/h1-4H. The molecule has 114 valence electrons. The van der Waals surface area contributed by atoms with E-state index in [0.29, 0.717) is 12.1 Å². The van der Waals surface area contributed by atoms with Crippen LogP contribution in [0.1, 0.15) is 5.56 Å². The van der Waals surface area contributed by atoms with E-state index in [4.69, 9.17) is 7.85 Å². The Morgan fingerprint density at radius 3 is 1.91 bits per heavy atom. The predicted molar refractivity (Wildman–Crippen MR) is 62.6 cm³/mol. The second kappa shape index (κ2) is 5.55. The predicted octanol–water partition coefficient (Wildman–Crippen LogP) is 3.30. The van der Waals surface area contributed by atoms with Crippen LogP contribution in [0.2, 0.25) is 0 Å². The molecule has 0 saturated heterocycles. The van der Waals surface area contributed by atoms with Gasteiger partial charge in [0, 0.05) is 12.1 Å². The summed E-state index contributed by atoms with van der Waals surface area (Å²) in [5.74, 6) is -10.3. The van der Waals surface area contributed by atoms with Gasteiger partial charge in [0.2, 0.25) is 0 Å². The normalized spacial score (nSPS) is 11.6. The van der Waals surface area contributed by atoms with Gasteiger partial charge in [-0.15, -0.1) is 0 Å². The van der Waals surface area contributed by atoms with Gasteiger partial charge in [0.15, 0.2) is 29.1 Å². The molecule has 0 bridgehead atoms. The first-order chi connectivity index (χ1) is 10.1. The Hall–Kier alpha value is -2.19. The van der Waals surface area contributed by atoms with Crippen LogP contribution in [-0.2, 0) is 6.11 Å². The molecule has 0 aliphatic carbocycles. The molecule has 0 fully saturated rings. The Kier molecular flexibility index (Phi) is 4.08. The van der Waals surface area contributed by atoms with Crippen molar-refractivity contribution in [1.29, 1.82) is 0 Å². The maximum Gasteiger partial charge on any atom is 0.429 e. The van der Waals surface area contributed by atoms with Crippen molar-refractivity contribution in [1.82, 2.24) is 0 Å². The molecule has 0 aliphatic rings. The lowest BCUT2D eigenvalue weighted by Gasteiger charge is -2.19. The first-order valence-corrected chi connectivity index (χ1v) is 5.59. The lowest BCUT2D eigenvalue weighted by Crippen LogP contribution is -2.26. The summed E-state index contributed by atoms with van der Waals surface area (Å²) < 4.78 is 96.7. The van der Waals surface area contributed by atoms with Crippen LogP contribution in [0.25, 0.3) is 0 Å². The zero-order valence-electron chi connectivity index (χ0n) is 10.4. The van der Waals surface area contributed by atoms with Crippen molar-refractivity contribution in [2.45, 2.75) is 6.11 Å². The van der Waals surface area contributed by atoms with Gasteiger partial charge in [-0.1, -0.05) is 11.5 Å². The lowest BCUT2D eigenvalue weighted by atomic mass is 9.94. The molecule has 2 aromatic rings. The smallest absolute Gasteiger partial charge is 0.429 e. The van der Waals surface area contributed by atoms with Crippen LogP contribution in [0, 0.1) is 29.1 Å². The highest BCUT2D eigenvalue weighted by Crippen LogP contribution is 2.34. The minimum absolute atomic E-state index is 0.137. The fourth-order valence-corrected chi connectivity index (χ4v) is 1.58. The molecule has 9 heteroatoms. The van der Waals surface area contributed by atoms with Crippen LogP contribution < -0.4 is 10.2 Å². The number of rotatable bonds is 3. The highest BCUT2D eigenvalue weighted by molar-refractivity contribution is 6.32. The number of benzene rings is 2. The summed E-state index contributed by atoms with van der Waals surface area (Å²) in [6, 6.07) is 1.39. The summed E-state index contributed by atoms with van der Waals surface area (Å²) >= 11 is 0. The Morgan fingerprint density at radius 1 is 0.818 bits per heavy atom. The minimum Gasteiger partial charge on any atom is -0.429 e. The van der Waals surface area contributed by atoms with Crippen molar-refractivity contribution in [2.24, 2.45) is 0 Å². The molecule has 2 radical (unpaired) electrons. The SMILES string of the molecule is [B]c1ccc(C(F)(F)Oc2cc(F)c(F)c(F)c2)c(F)c1F. The van der Waals surface area contributed by atoms with Gasteiger partial charge in [-0.2, -0.15) is 8.78 Å². The average Bonchev–Trinajstić information content (AvgIpc) is 2.41. The molecule has 2 rings (SSSR count). The van der Waals surface area contributed by atoms with Crippen LogP contribution in [0.3, 0.4) is 0 Å². The first kappa shape index (κ1) is 16.2. The molecular formula is C13H4BF7O. The molecule has 1 nitrogen and oxygen atoms in total. The Morgan fingerprint density at radius 2 is 1.36 bits per heavy atom. The maximum absolute atomic E-state index is 13.8. The van der Waals surface area contributed by atoms with Gasteiger partial charge in [0.25, 0.3) is 0 Å². The molecule has 0 aliphatic heterocycles. The highest BCUT2D eigenvalue weighted by atomic mass is 19.3. The molecule has 0 heterocycles. The largest absolute Gasteiger partial charge is 0.429 e. The van der Waals surface area contributed by atoms with Crippen molar-refractivity contribution in [3.63, 3.8) is 0 Å². The molecule has 0 saturated carbocycles. The van der Waals surface area contributed by atoms with Crippen molar-refractivity contribution in [3.05, 3.63) is 58.9 Å². The third-order valence-electron chi connectivity index (χ3n) is 2.63. The average molecular weight is 320 g/mol. The van der Waals surface area contributed by atoms with Crippen LogP contribution in [0.15, 0.2) is 24.3 Å². The van der Waals surface area contributed by atoms with Crippen molar-refractivity contribution < 1.29 is 35.5 Å². The quantitative estimate of drug-likeness (QED) is 0.479. The van der Waals surface area contributed by atoms with Gasteiger partial charge >= 0.3 is 6.11 Å². The summed E-state index contributed by atoms with van der Waals surface area (Å²) in [5, 5.41) is 0. The molecule has 0 atom stereocenters. The zero-order valence-corrected chi connectivity index (χ0v) is 10.4. The minimum atomic E-state index is -4.48. The molecule has 0 amide bonds. The third-order valence-corrected chi connectivity index (χ3v) is 2.63. The van der Waals surface area contributed by atoms with Gasteiger partial charge in [-0.05, 0) is 6.07 Å². The summed E-state index contributed by atoms with van der Waals surface area (Å²) in [7, 11) is 5.00. The van der Waals surface area contributed by atoms with Gasteiger partial charge in [0.1, 0.15) is 19.2 Å². The van der Waals surface area contributed by atoms with E-state index in [0.717, 1.165) is 0 Å². The molecule has 0 aromatic heterocycles. The van der Waals surface area contributed by atoms with E-state index in [2.05, 4.69) is 4.74 Å².